The Balaban J connectivity index is 1.45. The molecule has 196 valence electrons. The molecule has 4 rings (SSSR count). The van der Waals surface area contributed by atoms with E-state index in [1.807, 2.05) is 60.7 Å². The highest BCUT2D eigenvalue weighted by Gasteiger charge is 2.57. The molecule has 7 nitrogen and oxygen atoms in total. The molecule has 0 aromatic heterocycles. The van der Waals surface area contributed by atoms with Gasteiger partial charge in [-0.05, 0) is 17.5 Å². The summed E-state index contributed by atoms with van der Waals surface area (Å²) in [6.45, 7) is 4.00. The molecule has 5 unspecified atom stereocenters. The SMILES string of the molecule is CCCCCCCOC1C(COCc2ccccc2)OC(OC)C2C1OC(=O)N2Cc1ccccc1. The van der Waals surface area contributed by atoms with Gasteiger partial charge in [0, 0.05) is 20.3 Å². The van der Waals surface area contributed by atoms with Gasteiger partial charge in [-0.3, -0.25) is 4.90 Å². The predicted molar refractivity (Wildman–Crippen MR) is 136 cm³/mol. The average molecular weight is 498 g/mol. The summed E-state index contributed by atoms with van der Waals surface area (Å²) in [7, 11) is 1.60. The molecule has 0 radical (unpaired) electrons. The van der Waals surface area contributed by atoms with Gasteiger partial charge in [0.25, 0.3) is 0 Å². The molecule has 2 aliphatic heterocycles. The van der Waals surface area contributed by atoms with Gasteiger partial charge in [-0.1, -0.05) is 93.3 Å². The number of hydrogen-bond donors (Lipinski definition) is 0. The minimum Gasteiger partial charge on any atom is -0.441 e. The Morgan fingerprint density at radius 3 is 2.31 bits per heavy atom. The third-order valence-electron chi connectivity index (χ3n) is 6.83. The van der Waals surface area contributed by atoms with E-state index >= 15 is 0 Å². The Kier molecular flexibility index (Phi) is 10.2. The van der Waals surface area contributed by atoms with Gasteiger partial charge in [0.1, 0.15) is 18.2 Å². The Morgan fingerprint density at radius 2 is 1.61 bits per heavy atom. The van der Waals surface area contributed by atoms with Crippen LogP contribution in [0.5, 0.6) is 0 Å². The lowest BCUT2D eigenvalue weighted by Gasteiger charge is -2.43. The second-order valence-electron chi connectivity index (χ2n) is 9.48. The summed E-state index contributed by atoms with van der Waals surface area (Å²) < 4.78 is 30.4. The Morgan fingerprint density at radius 1 is 0.917 bits per heavy atom. The number of amides is 1. The molecule has 1 amide bonds. The molecule has 5 atom stereocenters. The highest BCUT2D eigenvalue weighted by Crippen LogP contribution is 2.36. The first-order valence-corrected chi connectivity index (χ1v) is 13.1. The number of ether oxygens (including phenoxy) is 5. The van der Waals surface area contributed by atoms with Crippen LogP contribution in [0.2, 0.25) is 0 Å². The fourth-order valence-corrected chi connectivity index (χ4v) is 4.93. The zero-order chi connectivity index (χ0) is 25.2. The first-order chi connectivity index (χ1) is 17.7. The van der Waals surface area contributed by atoms with Gasteiger partial charge in [-0.25, -0.2) is 4.79 Å². The maximum absolute atomic E-state index is 13.0. The number of hydrogen-bond acceptors (Lipinski definition) is 6. The molecule has 2 aromatic rings. The fourth-order valence-electron chi connectivity index (χ4n) is 4.93. The van der Waals surface area contributed by atoms with Gasteiger partial charge >= 0.3 is 6.09 Å². The van der Waals surface area contributed by atoms with E-state index in [0.29, 0.717) is 26.4 Å². The molecule has 0 bridgehead atoms. The lowest BCUT2D eigenvalue weighted by atomic mass is 9.96. The van der Waals surface area contributed by atoms with Crippen molar-refractivity contribution < 1.29 is 28.5 Å². The quantitative estimate of drug-likeness (QED) is 0.329. The number of carbonyl (C=O) groups is 1. The van der Waals surface area contributed by atoms with Crippen LogP contribution in [0.3, 0.4) is 0 Å². The van der Waals surface area contributed by atoms with Crippen molar-refractivity contribution in [2.45, 2.75) is 82.8 Å². The minimum absolute atomic E-state index is 0.314. The van der Waals surface area contributed by atoms with Gasteiger partial charge in [0.15, 0.2) is 12.4 Å². The summed E-state index contributed by atoms with van der Waals surface area (Å²) in [5.74, 6) is 0. The number of fused-ring (bicyclic) bond motifs is 1. The zero-order valence-electron chi connectivity index (χ0n) is 21.4. The van der Waals surface area contributed by atoms with E-state index in [1.54, 1.807) is 12.0 Å². The maximum atomic E-state index is 13.0. The van der Waals surface area contributed by atoms with E-state index in [0.717, 1.165) is 24.0 Å². The van der Waals surface area contributed by atoms with Crippen LogP contribution in [0.15, 0.2) is 60.7 Å². The number of rotatable bonds is 14. The fraction of sp³-hybridized carbons (Fsp3) is 0.552. The number of benzene rings is 2. The van der Waals surface area contributed by atoms with E-state index in [-0.39, 0.29) is 6.09 Å². The highest BCUT2D eigenvalue weighted by molar-refractivity contribution is 5.71. The molecule has 2 fully saturated rings. The first kappa shape index (κ1) is 26.6. The second-order valence-corrected chi connectivity index (χ2v) is 9.48. The Hall–Kier alpha value is -2.45. The van der Waals surface area contributed by atoms with Crippen molar-refractivity contribution in [3.63, 3.8) is 0 Å². The van der Waals surface area contributed by atoms with Crippen molar-refractivity contribution in [3.8, 4) is 0 Å². The van der Waals surface area contributed by atoms with Crippen LogP contribution in [0.25, 0.3) is 0 Å². The molecule has 2 heterocycles. The van der Waals surface area contributed by atoms with Crippen molar-refractivity contribution in [2.75, 3.05) is 20.3 Å². The van der Waals surface area contributed by atoms with E-state index < -0.39 is 30.6 Å². The Bertz CT molecular complexity index is 910. The van der Waals surface area contributed by atoms with Crippen molar-refractivity contribution in [1.29, 1.82) is 0 Å². The molecular formula is C29H39NO6. The second kappa shape index (κ2) is 13.7. The topological polar surface area (TPSA) is 66.5 Å². The Labute approximate surface area is 214 Å². The molecule has 2 saturated heterocycles. The van der Waals surface area contributed by atoms with Crippen molar-refractivity contribution >= 4 is 6.09 Å². The zero-order valence-corrected chi connectivity index (χ0v) is 21.4. The van der Waals surface area contributed by atoms with Crippen LogP contribution in [0.4, 0.5) is 4.79 Å². The van der Waals surface area contributed by atoms with Gasteiger partial charge in [0.05, 0.1) is 13.2 Å². The third kappa shape index (κ3) is 6.85. The normalized spacial score (nSPS) is 25.6. The van der Waals surface area contributed by atoms with Crippen molar-refractivity contribution in [3.05, 3.63) is 71.8 Å². The van der Waals surface area contributed by atoms with Crippen LogP contribution in [-0.2, 0) is 36.8 Å². The van der Waals surface area contributed by atoms with Crippen LogP contribution in [-0.4, -0.2) is 62.0 Å². The van der Waals surface area contributed by atoms with Gasteiger partial charge in [0.2, 0.25) is 0 Å². The monoisotopic (exact) mass is 497 g/mol. The van der Waals surface area contributed by atoms with E-state index in [2.05, 4.69) is 6.92 Å². The smallest absolute Gasteiger partial charge is 0.411 e. The summed E-state index contributed by atoms with van der Waals surface area (Å²) >= 11 is 0. The minimum atomic E-state index is -0.639. The average Bonchev–Trinajstić information content (AvgIpc) is 3.23. The molecule has 2 aromatic carbocycles. The third-order valence-corrected chi connectivity index (χ3v) is 6.83. The lowest BCUT2D eigenvalue weighted by molar-refractivity contribution is -0.271. The van der Waals surface area contributed by atoms with Crippen LogP contribution in [0, 0.1) is 0 Å². The van der Waals surface area contributed by atoms with Crippen LogP contribution >= 0.6 is 0 Å². The highest BCUT2D eigenvalue weighted by atomic mass is 16.7. The molecule has 0 saturated carbocycles. The maximum Gasteiger partial charge on any atom is 0.411 e. The number of nitrogens with zero attached hydrogens (tertiary/aromatic N) is 1. The molecule has 0 N–H and O–H groups in total. The van der Waals surface area contributed by atoms with E-state index in [1.165, 1.54) is 19.3 Å². The summed E-state index contributed by atoms with van der Waals surface area (Å²) in [4.78, 5) is 14.7. The molecule has 2 aliphatic rings. The lowest BCUT2D eigenvalue weighted by Crippen LogP contribution is -2.61. The van der Waals surface area contributed by atoms with E-state index in [9.17, 15) is 4.79 Å². The van der Waals surface area contributed by atoms with Gasteiger partial charge < -0.3 is 23.7 Å². The van der Waals surface area contributed by atoms with Crippen LogP contribution in [0.1, 0.15) is 50.2 Å². The molecule has 0 aliphatic carbocycles. The standard InChI is InChI=1S/C29H39NO6/c1-3-4-5-6-13-18-34-26-24(21-33-20-23-16-11-8-12-17-23)35-28(32-2)25-27(26)36-29(31)30(25)19-22-14-9-7-10-15-22/h7-12,14-17,24-28H,3-6,13,18-21H2,1-2H3. The molecule has 0 spiro atoms. The summed E-state index contributed by atoms with van der Waals surface area (Å²) in [6.07, 6.45) is 3.34. The first-order valence-electron chi connectivity index (χ1n) is 13.1. The molecular weight excluding hydrogens is 458 g/mol. The number of carbonyl (C=O) groups excluding carboxylic acids is 1. The van der Waals surface area contributed by atoms with Gasteiger partial charge in [-0.15, -0.1) is 0 Å². The van der Waals surface area contributed by atoms with Crippen LogP contribution < -0.4 is 0 Å². The summed E-state index contributed by atoms with van der Waals surface area (Å²) in [6, 6.07) is 19.5. The summed E-state index contributed by atoms with van der Waals surface area (Å²) in [5, 5.41) is 0. The van der Waals surface area contributed by atoms with Gasteiger partial charge in [-0.2, -0.15) is 0 Å². The predicted octanol–water partition coefficient (Wildman–Crippen LogP) is 5.32. The molecule has 36 heavy (non-hydrogen) atoms. The van der Waals surface area contributed by atoms with Crippen molar-refractivity contribution in [2.24, 2.45) is 0 Å². The van der Waals surface area contributed by atoms with E-state index in [4.69, 9.17) is 23.7 Å². The summed E-state index contributed by atoms with van der Waals surface area (Å²) in [5.41, 5.74) is 2.11. The van der Waals surface area contributed by atoms with Crippen molar-refractivity contribution in [1.82, 2.24) is 4.90 Å². The molecule has 7 heteroatoms. The number of unbranched alkanes of at least 4 members (excludes halogenated alkanes) is 4. The largest absolute Gasteiger partial charge is 0.441 e. The number of methoxy groups -OCH3 is 1.